The summed E-state index contributed by atoms with van der Waals surface area (Å²) in [4.78, 5) is -0.163. The van der Waals surface area contributed by atoms with Gasteiger partial charge in [0.15, 0.2) is 0 Å². The average molecular weight is 356 g/mol. The number of anilines is 1. The summed E-state index contributed by atoms with van der Waals surface area (Å²) in [5.74, 6) is -0.379. The lowest BCUT2D eigenvalue weighted by atomic mass is 10.2. The van der Waals surface area contributed by atoms with Crippen molar-refractivity contribution < 1.29 is 21.9 Å². The predicted octanol–water partition coefficient (Wildman–Crippen LogP) is 1.41. The van der Waals surface area contributed by atoms with Gasteiger partial charge in [-0.25, -0.2) is 21.6 Å². The Balaban J connectivity index is 2.43. The standard InChI is InChI=1S/C14H16N2O5S2/c1-10-3-5-11(6-4-10)23(20,21)16-13-9-12(7-8-14(13)17)22(18,19)15-2/h3-9,15-17H,1-2H3. The molecule has 3 N–H and O–H groups in total. The second-order valence-corrected chi connectivity index (χ2v) is 8.37. The number of nitrogens with one attached hydrogen (secondary N) is 2. The van der Waals surface area contributed by atoms with E-state index >= 15 is 0 Å². The summed E-state index contributed by atoms with van der Waals surface area (Å²) >= 11 is 0. The monoisotopic (exact) mass is 356 g/mol. The Hall–Kier alpha value is -2.10. The van der Waals surface area contributed by atoms with Gasteiger partial charge in [-0.05, 0) is 44.3 Å². The highest BCUT2D eigenvalue weighted by Gasteiger charge is 2.19. The Kier molecular flexibility index (Phi) is 4.64. The summed E-state index contributed by atoms with van der Waals surface area (Å²) in [6.45, 7) is 1.82. The lowest BCUT2D eigenvalue weighted by Gasteiger charge is -2.11. The zero-order valence-electron chi connectivity index (χ0n) is 12.4. The van der Waals surface area contributed by atoms with Crippen molar-refractivity contribution in [3.05, 3.63) is 48.0 Å². The molecule has 2 aromatic carbocycles. The topological polar surface area (TPSA) is 113 Å². The third-order valence-corrected chi connectivity index (χ3v) is 5.92. The summed E-state index contributed by atoms with van der Waals surface area (Å²) in [5, 5.41) is 9.79. The molecule has 0 radical (unpaired) electrons. The fourth-order valence-corrected chi connectivity index (χ4v) is 3.62. The highest BCUT2D eigenvalue weighted by atomic mass is 32.2. The van der Waals surface area contributed by atoms with Gasteiger partial charge in [0.05, 0.1) is 15.5 Å². The molecule has 0 spiro atoms. The number of phenolic OH excluding ortho intramolecular Hbond substituents is 1. The van der Waals surface area contributed by atoms with Gasteiger partial charge >= 0.3 is 0 Å². The van der Waals surface area contributed by atoms with Crippen molar-refractivity contribution in [2.75, 3.05) is 11.8 Å². The molecule has 0 aliphatic heterocycles. The Morgan fingerprint density at radius 2 is 1.43 bits per heavy atom. The van der Waals surface area contributed by atoms with Crippen LogP contribution in [0.3, 0.4) is 0 Å². The van der Waals surface area contributed by atoms with Crippen LogP contribution in [0, 0.1) is 6.92 Å². The van der Waals surface area contributed by atoms with Crippen molar-refractivity contribution in [3.63, 3.8) is 0 Å². The Labute approximate surface area is 135 Å². The van der Waals surface area contributed by atoms with E-state index in [1.165, 1.54) is 25.2 Å². The van der Waals surface area contributed by atoms with Crippen molar-refractivity contribution in [1.82, 2.24) is 4.72 Å². The summed E-state index contributed by atoms with van der Waals surface area (Å²) < 4.78 is 52.5. The number of hydrogen-bond donors (Lipinski definition) is 3. The molecule has 9 heteroatoms. The number of benzene rings is 2. The van der Waals surface area contributed by atoms with Gasteiger partial charge in [0, 0.05) is 0 Å². The first-order valence-electron chi connectivity index (χ1n) is 6.52. The predicted molar refractivity (Wildman–Crippen MR) is 86.3 cm³/mol. The number of aromatic hydroxyl groups is 1. The lowest BCUT2D eigenvalue weighted by Crippen LogP contribution is -2.19. The molecule has 0 fully saturated rings. The van der Waals surface area contributed by atoms with E-state index in [2.05, 4.69) is 9.44 Å². The zero-order chi connectivity index (χ0) is 17.3. The molecule has 0 heterocycles. The molecule has 124 valence electrons. The molecule has 0 amide bonds. The molecule has 0 aliphatic carbocycles. The van der Waals surface area contributed by atoms with Crippen LogP contribution in [-0.4, -0.2) is 29.0 Å². The second-order valence-electron chi connectivity index (χ2n) is 4.81. The Morgan fingerprint density at radius 3 is 2.00 bits per heavy atom. The first-order valence-corrected chi connectivity index (χ1v) is 9.48. The van der Waals surface area contributed by atoms with Crippen LogP contribution in [-0.2, 0) is 20.0 Å². The fourth-order valence-electron chi connectivity index (χ4n) is 1.80. The maximum absolute atomic E-state index is 12.3. The lowest BCUT2D eigenvalue weighted by molar-refractivity contribution is 0.477. The van der Waals surface area contributed by atoms with Crippen molar-refractivity contribution in [1.29, 1.82) is 0 Å². The van der Waals surface area contributed by atoms with Crippen LogP contribution < -0.4 is 9.44 Å². The van der Waals surface area contributed by atoms with E-state index in [0.717, 1.165) is 17.7 Å². The minimum Gasteiger partial charge on any atom is -0.506 e. The number of aryl methyl sites for hydroxylation is 1. The van der Waals surface area contributed by atoms with Crippen LogP contribution in [0.4, 0.5) is 5.69 Å². The maximum atomic E-state index is 12.3. The van der Waals surface area contributed by atoms with Crippen LogP contribution in [0.15, 0.2) is 52.3 Å². The molecule has 0 saturated carbocycles. The van der Waals surface area contributed by atoms with Crippen molar-refractivity contribution >= 4 is 25.7 Å². The quantitative estimate of drug-likeness (QED) is 0.701. The molecule has 23 heavy (non-hydrogen) atoms. The molecule has 0 unspecified atom stereocenters. The number of hydrogen-bond acceptors (Lipinski definition) is 5. The Morgan fingerprint density at radius 1 is 0.870 bits per heavy atom. The maximum Gasteiger partial charge on any atom is 0.262 e. The smallest absolute Gasteiger partial charge is 0.262 e. The Bertz CT molecular complexity index is 920. The summed E-state index contributed by atoms with van der Waals surface area (Å²) in [7, 11) is -6.47. The van der Waals surface area contributed by atoms with Gasteiger partial charge in [-0.3, -0.25) is 4.72 Å². The third kappa shape index (κ3) is 3.81. The van der Waals surface area contributed by atoms with Gasteiger partial charge in [-0.2, -0.15) is 0 Å². The SMILES string of the molecule is CNS(=O)(=O)c1ccc(O)c(NS(=O)(=O)c2ccc(C)cc2)c1. The normalized spacial score (nSPS) is 12.1. The molecule has 0 bridgehead atoms. The van der Waals surface area contributed by atoms with E-state index in [0.29, 0.717) is 0 Å². The highest BCUT2D eigenvalue weighted by molar-refractivity contribution is 7.92. The van der Waals surface area contributed by atoms with Crippen LogP contribution in [0.2, 0.25) is 0 Å². The first kappa shape index (κ1) is 17.3. The van der Waals surface area contributed by atoms with E-state index < -0.39 is 20.0 Å². The second kappa shape index (κ2) is 6.19. The van der Waals surface area contributed by atoms with E-state index in [4.69, 9.17) is 0 Å². The van der Waals surface area contributed by atoms with E-state index in [1.54, 1.807) is 12.1 Å². The van der Waals surface area contributed by atoms with Crippen LogP contribution >= 0.6 is 0 Å². The van der Waals surface area contributed by atoms with Crippen molar-refractivity contribution in [2.24, 2.45) is 0 Å². The third-order valence-electron chi connectivity index (χ3n) is 3.12. The summed E-state index contributed by atoms with van der Waals surface area (Å²) in [5.41, 5.74) is 0.677. The molecule has 0 atom stereocenters. The van der Waals surface area contributed by atoms with Crippen LogP contribution in [0.1, 0.15) is 5.56 Å². The van der Waals surface area contributed by atoms with Gasteiger partial charge < -0.3 is 5.11 Å². The van der Waals surface area contributed by atoms with Gasteiger partial charge in [-0.15, -0.1) is 0 Å². The van der Waals surface area contributed by atoms with Crippen molar-refractivity contribution in [3.8, 4) is 5.75 Å². The van der Waals surface area contributed by atoms with E-state index in [1.807, 2.05) is 6.92 Å². The first-order chi connectivity index (χ1) is 10.7. The summed E-state index contributed by atoms with van der Waals surface area (Å²) in [6.07, 6.45) is 0. The van der Waals surface area contributed by atoms with Gasteiger partial charge in [0.2, 0.25) is 10.0 Å². The molecule has 2 aromatic rings. The minimum absolute atomic E-state index is 0.00405. The fraction of sp³-hybridized carbons (Fsp3) is 0.143. The van der Waals surface area contributed by atoms with Crippen molar-refractivity contribution in [2.45, 2.75) is 16.7 Å². The molecule has 0 aromatic heterocycles. The molecular weight excluding hydrogens is 340 g/mol. The van der Waals surface area contributed by atoms with Gasteiger partial charge in [-0.1, -0.05) is 17.7 Å². The van der Waals surface area contributed by atoms with Crippen LogP contribution in [0.25, 0.3) is 0 Å². The number of phenols is 1. The average Bonchev–Trinajstić information content (AvgIpc) is 2.49. The molecule has 2 rings (SSSR count). The van der Waals surface area contributed by atoms with E-state index in [9.17, 15) is 21.9 Å². The van der Waals surface area contributed by atoms with Gasteiger partial charge in [0.25, 0.3) is 10.0 Å². The molecule has 0 saturated heterocycles. The number of rotatable bonds is 5. The zero-order valence-corrected chi connectivity index (χ0v) is 14.1. The van der Waals surface area contributed by atoms with Crippen LogP contribution in [0.5, 0.6) is 5.75 Å². The molecule has 7 nitrogen and oxygen atoms in total. The minimum atomic E-state index is -3.95. The van der Waals surface area contributed by atoms with E-state index in [-0.39, 0.29) is 21.2 Å². The number of sulfonamides is 2. The summed E-state index contributed by atoms with van der Waals surface area (Å²) in [6, 6.07) is 9.44. The molecular formula is C14H16N2O5S2. The molecule has 0 aliphatic rings. The highest BCUT2D eigenvalue weighted by Crippen LogP contribution is 2.28. The van der Waals surface area contributed by atoms with Gasteiger partial charge in [0.1, 0.15) is 5.75 Å². The largest absolute Gasteiger partial charge is 0.506 e.